The van der Waals surface area contributed by atoms with Crippen molar-refractivity contribution < 1.29 is 9.53 Å². The number of anilines is 1. The van der Waals surface area contributed by atoms with Crippen LogP contribution < -0.4 is 15.0 Å². The number of piperazine rings is 1. The van der Waals surface area contributed by atoms with Gasteiger partial charge in [0.15, 0.2) is 0 Å². The second-order valence-corrected chi connectivity index (χ2v) is 8.25. The van der Waals surface area contributed by atoms with Crippen molar-refractivity contribution in [3.05, 3.63) is 24.3 Å². The number of hydrogen-bond acceptors (Lipinski definition) is 4. The third-order valence-electron chi connectivity index (χ3n) is 6.27. The number of benzene rings is 1. The van der Waals surface area contributed by atoms with Crippen LogP contribution >= 0.6 is 0 Å². The Morgan fingerprint density at radius 1 is 0.964 bits per heavy atom. The quantitative estimate of drug-likeness (QED) is 0.698. The standard InChI is InChI=1S/C22H34N4O2/c27-22-23-11-14-26(22)13-6-5-12-24-15-17-25(18-16-24)20-9-3-4-10-21(20)28-19-7-1-2-8-19/h3-4,9-10,19H,1-2,5-8,11-18H2,(H,23,27). The third-order valence-corrected chi connectivity index (χ3v) is 6.27. The van der Waals surface area contributed by atoms with Gasteiger partial charge in [-0.25, -0.2) is 4.79 Å². The summed E-state index contributed by atoms with van der Waals surface area (Å²) < 4.78 is 6.33. The molecule has 0 unspecified atom stereocenters. The molecule has 2 amide bonds. The van der Waals surface area contributed by atoms with Gasteiger partial charge in [-0.15, -0.1) is 0 Å². The summed E-state index contributed by atoms with van der Waals surface area (Å²) in [5, 5.41) is 2.87. The molecule has 1 N–H and O–H groups in total. The molecule has 6 heteroatoms. The highest BCUT2D eigenvalue weighted by Gasteiger charge is 2.23. The number of unbranched alkanes of at least 4 members (excludes halogenated alkanes) is 1. The topological polar surface area (TPSA) is 48.1 Å². The van der Waals surface area contributed by atoms with Gasteiger partial charge >= 0.3 is 6.03 Å². The lowest BCUT2D eigenvalue weighted by atomic mass is 10.2. The normalized spacial score (nSPS) is 21.4. The first-order chi connectivity index (χ1) is 13.8. The Morgan fingerprint density at radius 2 is 1.71 bits per heavy atom. The number of rotatable bonds is 8. The summed E-state index contributed by atoms with van der Waals surface area (Å²) in [6, 6.07) is 8.66. The Labute approximate surface area is 168 Å². The van der Waals surface area contributed by atoms with E-state index in [-0.39, 0.29) is 6.03 Å². The average Bonchev–Trinajstić information content (AvgIpc) is 3.38. The summed E-state index contributed by atoms with van der Waals surface area (Å²) in [5.41, 5.74) is 1.26. The second-order valence-electron chi connectivity index (χ2n) is 8.25. The molecule has 0 spiro atoms. The lowest BCUT2D eigenvalue weighted by Crippen LogP contribution is -2.46. The van der Waals surface area contributed by atoms with Crippen LogP contribution in [0.15, 0.2) is 24.3 Å². The van der Waals surface area contributed by atoms with E-state index in [1.54, 1.807) is 0 Å². The van der Waals surface area contributed by atoms with Gasteiger partial charge in [0.05, 0.1) is 11.8 Å². The molecule has 3 fully saturated rings. The van der Waals surface area contributed by atoms with Gasteiger partial charge in [-0.05, 0) is 57.2 Å². The van der Waals surface area contributed by atoms with Crippen LogP contribution in [-0.4, -0.2) is 74.3 Å². The Hall–Kier alpha value is -1.95. The van der Waals surface area contributed by atoms with E-state index in [4.69, 9.17) is 4.74 Å². The fourth-order valence-corrected chi connectivity index (χ4v) is 4.58. The van der Waals surface area contributed by atoms with Crippen molar-refractivity contribution in [3.63, 3.8) is 0 Å². The fraction of sp³-hybridized carbons (Fsp3) is 0.682. The molecule has 3 aliphatic rings. The van der Waals surface area contributed by atoms with E-state index < -0.39 is 0 Å². The summed E-state index contributed by atoms with van der Waals surface area (Å²) >= 11 is 0. The molecule has 0 atom stereocenters. The van der Waals surface area contributed by atoms with Gasteiger partial charge in [-0.1, -0.05) is 12.1 Å². The Morgan fingerprint density at radius 3 is 2.46 bits per heavy atom. The smallest absolute Gasteiger partial charge is 0.317 e. The van der Waals surface area contributed by atoms with E-state index >= 15 is 0 Å². The predicted molar refractivity (Wildman–Crippen MR) is 112 cm³/mol. The molecule has 0 radical (unpaired) electrons. The van der Waals surface area contributed by atoms with Crippen LogP contribution in [0.5, 0.6) is 5.75 Å². The first-order valence-electron chi connectivity index (χ1n) is 11.1. The number of amides is 2. The number of ether oxygens (including phenoxy) is 1. The number of nitrogens with zero attached hydrogens (tertiary/aromatic N) is 3. The lowest BCUT2D eigenvalue weighted by molar-refractivity contribution is 0.207. The molecule has 6 nitrogen and oxygen atoms in total. The molecule has 1 aromatic carbocycles. The van der Waals surface area contributed by atoms with Gasteiger partial charge < -0.3 is 19.9 Å². The van der Waals surface area contributed by atoms with Crippen molar-refractivity contribution in [2.75, 3.05) is 57.3 Å². The minimum absolute atomic E-state index is 0.104. The molecule has 1 aromatic rings. The van der Waals surface area contributed by atoms with Crippen molar-refractivity contribution in [1.82, 2.24) is 15.1 Å². The molecule has 4 rings (SSSR count). The highest BCUT2D eigenvalue weighted by Crippen LogP contribution is 2.32. The van der Waals surface area contributed by atoms with Gasteiger partial charge in [-0.3, -0.25) is 4.90 Å². The van der Waals surface area contributed by atoms with Crippen molar-refractivity contribution in [2.24, 2.45) is 0 Å². The maximum atomic E-state index is 11.6. The van der Waals surface area contributed by atoms with Crippen LogP contribution in [0.2, 0.25) is 0 Å². The van der Waals surface area contributed by atoms with E-state index in [2.05, 4.69) is 39.4 Å². The summed E-state index contributed by atoms with van der Waals surface area (Å²) in [7, 11) is 0. The van der Waals surface area contributed by atoms with Gasteiger partial charge in [-0.2, -0.15) is 0 Å². The van der Waals surface area contributed by atoms with Crippen molar-refractivity contribution in [1.29, 1.82) is 0 Å². The van der Waals surface area contributed by atoms with Crippen LogP contribution in [0.3, 0.4) is 0 Å². The van der Waals surface area contributed by atoms with E-state index in [0.717, 1.165) is 70.9 Å². The predicted octanol–water partition coefficient (Wildman–Crippen LogP) is 2.94. The second kappa shape index (κ2) is 9.50. The summed E-state index contributed by atoms with van der Waals surface area (Å²) in [6.07, 6.45) is 7.64. The van der Waals surface area contributed by atoms with Gasteiger partial charge in [0.1, 0.15) is 5.75 Å². The van der Waals surface area contributed by atoms with Crippen LogP contribution in [-0.2, 0) is 0 Å². The zero-order valence-electron chi connectivity index (χ0n) is 16.9. The summed E-state index contributed by atoms with van der Waals surface area (Å²) in [6.45, 7) is 7.98. The number of para-hydroxylation sites is 2. The molecule has 2 heterocycles. The highest BCUT2D eigenvalue weighted by molar-refractivity contribution is 5.76. The van der Waals surface area contributed by atoms with Gasteiger partial charge in [0, 0.05) is 45.8 Å². The van der Waals surface area contributed by atoms with Gasteiger partial charge in [0.2, 0.25) is 0 Å². The number of carbonyl (C=O) groups is 1. The van der Waals surface area contributed by atoms with Gasteiger partial charge in [0.25, 0.3) is 0 Å². The van der Waals surface area contributed by atoms with Crippen molar-refractivity contribution in [2.45, 2.75) is 44.6 Å². The zero-order chi connectivity index (χ0) is 19.2. The number of urea groups is 1. The fourth-order valence-electron chi connectivity index (χ4n) is 4.58. The first-order valence-corrected chi connectivity index (χ1v) is 11.1. The summed E-state index contributed by atoms with van der Waals surface area (Å²) in [4.78, 5) is 18.5. The number of nitrogens with one attached hydrogen (secondary N) is 1. The lowest BCUT2D eigenvalue weighted by Gasteiger charge is -2.37. The molecule has 0 bridgehead atoms. The van der Waals surface area contributed by atoms with Crippen LogP contribution in [0, 0.1) is 0 Å². The molecular formula is C22H34N4O2. The highest BCUT2D eigenvalue weighted by atomic mass is 16.5. The van der Waals surface area contributed by atoms with Crippen LogP contribution in [0.1, 0.15) is 38.5 Å². The summed E-state index contributed by atoms with van der Waals surface area (Å²) in [5.74, 6) is 1.06. The maximum absolute atomic E-state index is 11.6. The van der Waals surface area contributed by atoms with E-state index in [1.165, 1.54) is 31.4 Å². The Bertz CT molecular complexity index is 639. The maximum Gasteiger partial charge on any atom is 0.317 e. The van der Waals surface area contributed by atoms with Crippen molar-refractivity contribution in [3.8, 4) is 5.75 Å². The van der Waals surface area contributed by atoms with E-state index in [9.17, 15) is 4.79 Å². The molecule has 1 aliphatic carbocycles. The number of hydrogen-bond donors (Lipinski definition) is 1. The molecule has 2 aliphatic heterocycles. The third kappa shape index (κ3) is 4.90. The molecule has 28 heavy (non-hydrogen) atoms. The molecule has 2 saturated heterocycles. The van der Waals surface area contributed by atoms with Crippen LogP contribution in [0.25, 0.3) is 0 Å². The molecule has 1 saturated carbocycles. The van der Waals surface area contributed by atoms with Crippen molar-refractivity contribution >= 4 is 11.7 Å². The van der Waals surface area contributed by atoms with Crippen LogP contribution in [0.4, 0.5) is 10.5 Å². The zero-order valence-corrected chi connectivity index (χ0v) is 16.9. The Balaban J connectivity index is 1.20. The Kier molecular flexibility index (Phi) is 6.57. The largest absolute Gasteiger partial charge is 0.488 e. The molecule has 0 aromatic heterocycles. The minimum Gasteiger partial charge on any atom is -0.488 e. The van der Waals surface area contributed by atoms with E-state index in [1.807, 2.05) is 4.90 Å². The monoisotopic (exact) mass is 386 g/mol. The number of carbonyl (C=O) groups excluding carboxylic acids is 1. The SMILES string of the molecule is O=C1NCCN1CCCCN1CCN(c2ccccc2OC2CCCC2)CC1. The molecule has 154 valence electrons. The average molecular weight is 387 g/mol. The van der Waals surface area contributed by atoms with E-state index in [0.29, 0.717) is 6.10 Å². The molecular weight excluding hydrogens is 352 g/mol. The minimum atomic E-state index is 0.104. The first kappa shape index (κ1) is 19.4.